The first kappa shape index (κ1) is 7.35. The Bertz CT molecular complexity index is 353. The molecule has 1 aliphatic heterocycles. The molecule has 0 radical (unpaired) electrons. The van der Waals surface area contributed by atoms with Crippen LogP contribution in [0.1, 0.15) is 21.5 Å². The van der Waals surface area contributed by atoms with E-state index in [1.165, 1.54) is 0 Å². The molecule has 0 aliphatic carbocycles. The smallest absolute Gasteiger partial charge is 0.204 e. The Morgan fingerprint density at radius 2 is 2.08 bits per heavy atom. The van der Waals surface area contributed by atoms with Gasteiger partial charge in [-0.25, -0.2) is 0 Å². The van der Waals surface area contributed by atoms with Crippen molar-refractivity contribution >= 4 is 5.78 Å². The molecular formula is C10H10O2. The highest BCUT2D eigenvalue weighted by Crippen LogP contribution is 2.29. The fraction of sp³-hybridized carbons (Fsp3) is 0.300. The third kappa shape index (κ3) is 0.916. The van der Waals surface area contributed by atoms with Gasteiger partial charge in [0, 0.05) is 0 Å². The molecule has 2 heteroatoms. The summed E-state index contributed by atoms with van der Waals surface area (Å²) in [6.07, 6.45) is 0. The van der Waals surface area contributed by atoms with Gasteiger partial charge in [0.1, 0.15) is 5.75 Å². The van der Waals surface area contributed by atoms with E-state index in [1.54, 1.807) is 0 Å². The summed E-state index contributed by atoms with van der Waals surface area (Å²) in [5, 5.41) is 0. The molecule has 0 saturated carbocycles. The van der Waals surface area contributed by atoms with Gasteiger partial charge in [-0.05, 0) is 31.0 Å². The molecule has 1 aromatic carbocycles. The van der Waals surface area contributed by atoms with Gasteiger partial charge in [0.05, 0.1) is 5.56 Å². The molecule has 2 rings (SSSR count). The van der Waals surface area contributed by atoms with Gasteiger partial charge in [-0.2, -0.15) is 0 Å². The maximum absolute atomic E-state index is 11.3. The van der Waals surface area contributed by atoms with E-state index in [0.29, 0.717) is 0 Å². The number of fused-ring (bicyclic) bond motifs is 1. The maximum Gasteiger partial charge on any atom is 0.204 e. The molecule has 0 aromatic heterocycles. The summed E-state index contributed by atoms with van der Waals surface area (Å²) in [6.45, 7) is 4.15. The van der Waals surface area contributed by atoms with Gasteiger partial charge in [0.2, 0.25) is 5.78 Å². The van der Waals surface area contributed by atoms with Gasteiger partial charge >= 0.3 is 0 Å². The van der Waals surface area contributed by atoms with Gasteiger partial charge in [0.25, 0.3) is 0 Å². The average molecular weight is 162 g/mol. The fourth-order valence-corrected chi connectivity index (χ4v) is 1.62. The monoisotopic (exact) mass is 162 g/mol. The Labute approximate surface area is 71.2 Å². The quantitative estimate of drug-likeness (QED) is 0.582. The van der Waals surface area contributed by atoms with Crippen molar-refractivity contribution in [3.05, 3.63) is 28.8 Å². The number of carbonyl (C=O) groups is 1. The molecule has 0 N–H and O–H groups in total. The fourth-order valence-electron chi connectivity index (χ4n) is 1.62. The standard InChI is InChI=1S/C10H10O2/c1-6-3-7(2)10-8(11)5-12-9(10)4-6/h3-4H,5H2,1-2H3. The summed E-state index contributed by atoms with van der Waals surface area (Å²) in [7, 11) is 0. The summed E-state index contributed by atoms with van der Waals surface area (Å²) in [6, 6.07) is 3.92. The molecule has 1 heterocycles. The first-order valence-corrected chi connectivity index (χ1v) is 3.96. The predicted octanol–water partition coefficient (Wildman–Crippen LogP) is 1.88. The van der Waals surface area contributed by atoms with Crippen molar-refractivity contribution in [2.75, 3.05) is 6.61 Å². The van der Waals surface area contributed by atoms with Crippen LogP contribution in [0, 0.1) is 13.8 Å². The third-order valence-electron chi connectivity index (χ3n) is 2.08. The van der Waals surface area contributed by atoms with Crippen molar-refractivity contribution in [3.63, 3.8) is 0 Å². The second-order valence-electron chi connectivity index (χ2n) is 3.17. The van der Waals surface area contributed by atoms with Crippen molar-refractivity contribution in [3.8, 4) is 5.75 Å². The number of carbonyl (C=O) groups excluding carboxylic acids is 1. The SMILES string of the molecule is Cc1cc(C)c2c(c1)OCC2=O. The van der Waals surface area contributed by atoms with E-state index in [0.717, 1.165) is 22.4 Å². The summed E-state index contributed by atoms with van der Waals surface area (Å²) in [4.78, 5) is 11.3. The number of benzene rings is 1. The third-order valence-corrected chi connectivity index (χ3v) is 2.08. The van der Waals surface area contributed by atoms with Crippen LogP contribution in [0.2, 0.25) is 0 Å². The molecule has 0 saturated heterocycles. The van der Waals surface area contributed by atoms with Gasteiger partial charge in [0.15, 0.2) is 6.61 Å². The molecule has 0 atom stereocenters. The molecule has 0 amide bonds. The second kappa shape index (κ2) is 2.34. The van der Waals surface area contributed by atoms with Gasteiger partial charge in [-0.15, -0.1) is 0 Å². The normalized spacial score (nSPS) is 14.3. The number of rotatable bonds is 0. The van der Waals surface area contributed by atoms with Gasteiger partial charge in [-0.3, -0.25) is 4.79 Å². The molecule has 0 spiro atoms. The van der Waals surface area contributed by atoms with E-state index in [4.69, 9.17) is 4.74 Å². The zero-order chi connectivity index (χ0) is 8.72. The van der Waals surface area contributed by atoms with Crippen LogP contribution in [0.15, 0.2) is 12.1 Å². The van der Waals surface area contributed by atoms with Crippen molar-refractivity contribution in [2.45, 2.75) is 13.8 Å². The van der Waals surface area contributed by atoms with Crippen molar-refractivity contribution in [2.24, 2.45) is 0 Å². The van der Waals surface area contributed by atoms with Crippen LogP contribution in [0.25, 0.3) is 0 Å². The predicted molar refractivity (Wildman–Crippen MR) is 45.7 cm³/mol. The summed E-state index contributed by atoms with van der Waals surface area (Å²) >= 11 is 0. The molecule has 2 nitrogen and oxygen atoms in total. The molecule has 62 valence electrons. The molecule has 1 aromatic rings. The minimum absolute atomic E-state index is 0.0995. The summed E-state index contributed by atoms with van der Waals surface area (Å²) in [5.41, 5.74) is 2.93. The molecule has 1 aliphatic rings. The number of ketones is 1. The first-order chi connectivity index (χ1) is 5.68. The highest BCUT2D eigenvalue weighted by molar-refractivity contribution is 6.03. The van der Waals surface area contributed by atoms with Crippen molar-refractivity contribution in [1.29, 1.82) is 0 Å². The highest BCUT2D eigenvalue weighted by Gasteiger charge is 2.22. The van der Waals surface area contributed by atoms with E-state index in [1.807, 2.05) is 26.0 Å². The molecule has 12 heavy (non-hydrogen) atoms. The van der Waals surface area contributed by atoms with Crippen LogP contribution >= 0.6 is 0 Å². The number of aryl methyl sites for hydroxylation is 2. The van der Waals surface area contributed by atoms with Crippen LogP contribution < -0.4 is 4.74 Å². The lowest BCUT2D eigenvalue weighted by Gasteiger charge is -2.01. The van der Waals surface area contributed by atoms with Crippen molar-refractivity contribution in [1.82, 2.24) is 0 Å². The zero-order valence-electron chi connectivity index (χ0n) is 7.18. The van der Waals surface area contributed by atoms with E-state index in [2.05, 4.69) is 0 Å². The molecular weight excluding hydrogens is 152 g/mol. The van der Waals surface area contributed by atoms with E-state index >= 15 is 0 Å². The van der Waals surface area contributed by atoms with E-state index < -0.39 is 0 Å². The average Bonchev–Trinajstić information content (AvgIpc) is 2.31. The topological polar surface area (TPSA) is 26.3 Å². The highest BCUT2D eigenvalue weighted by atomic mass is 16.5. The Balaban J connectivity index is 2.68. The number of hydrogen-bond acceptors (Lipinski definition) is 2. The summed E-state index contributed by atoms with van der Waals surface area (Å²) < 4.78 is 5.22. The Kier molecular flexibility index (Phi) is 1.43. The molecule has 0 unspecified atom stereocenters. The van der Waals surface area contributed by atoms with Crippen LogP contribution in [0.5, 0.6) is 5.75 Å². The largest absolute Gasteiger partial charge is 0.485 e. The number of hydrogen-bond donors (Lipinski definition) is 0. The van der Waals surface area contributed by atoms with Crippen molar-refractivity contribution < 1.29 is 9.53 Å². The lowest BCUT2D eigenvalue weighted by molar-refractivity contribution is 0.0961. The van der Waals surface area contributed by atoms with Gasteiger partial charge in [-0.1, -0.05) is 6.07 Å². The Morgan fingerprint density at radius 3 is 2.83 bits per heavy atom. The number of ether oxygens (including phenoxy) is 1. The summed E-state index contributed by atoms with van der Waals surface area (Å²) in [5.74, 6) is 0.847. The van der Waals surface area contributed by atoms with Crippen LogP contribution in [-0.2, 0) is 0 Å². The van der Waals surface area contributed by atoms with E-state index in [-0.39, 0.29) is 12.4 Å². The van der Waals surface area contributed by atoms with Crippen LogP contribution in [0.4, 0.5) is 0 Å². The van der Waals surface area contributed by atoms with Crippen LogP contribution in [0.3, 0.4) is 0 Å². The Hall–Kier alpha value is -1.31. The maximum atomic E-state index is 11.3. The lowest BCUT2D eigenvalue weighted by Crippen LogP contribution is -2.00. The van der Waals surface area contributed by atoms with Gasteiger partial charge < -0.3 is 4.74 Å². The lowest BCUT2D eigenvalue weighted by atomic mass is 10.0. The molecule has 0 fully saturated rings. The minimum Gasteiger partial charge on any atom is -0.485 e. The van der Waals surface area contributed by atoms with Crippen LogP contribution in [-0.4, -0.2) is 12.4 Å². The first-order valence-electron chi connectivity index (χ1n) is 3.96. The number of Topliss-reactive ketones (excluding diaryl/α,β-unsaturated/α-hetero) is 1. The molecule has 0 bridgehead atoms. The van der Waals surface area contributed by atoms with E-state index in [9.17, 15) is 4.79 Å². The minimum atomic E-state index is 0.0995. The zero-order valence-corrected chi connectivity index (χ0v) is 7.18. The Morgan fingerprint density at radius 1 is 1.33 bits per heavy atom. The second-order valence-corrected chi connectivity index (χ2v) is 3.17.